The smallest absolute Gasteiger partial charge is 0.175 e. The molecular formula is C21H26BrNO5. The fourth-order valence-corrected chi connectivity index (χ4v) is 3.55. The lowest BCUT2D eigenvalue weighted by Crippen LogP contribution is -2.31. The molecule has 1 atom stereocenters. The van der Waals surface area contributed by atoms with Crippen molar-refractivity contribution in [3.8, 4) is 23.0 Å². The Bertz CT molecular complexity index is 795. The molecule has 7 heteroatoms. The Balaban J connectivity index is 1.69. The highest BCUT2D eigenvalue weighted by Gasteiger charge is 2.15. The molecule has 152 valence electrons. The number of hydrogen-bond donors (Lipinski definition) is 2. The summed E-state index contributed by atoms with van der Waals surface area (Å²) in [5, 5.41) is 12.6. The van der Waals surface area contributed by atoms with Crippen LogP contribution in [0.1, 0.15) is 24.5 Å². The first-order valence-electron chi connectivity index (χ1n) is 9.36. The van der Waals surface area contributed by atoms with Crippen LogP contribution in [0.3, 0.4) is 0 Å². The van der Waals surface area contributed by atoms with E-state index in [1.54, 1.807) is 7.11 Å². The maximum absolute atomic E-state index is 9.32. The number of aliphatic hydroxyl groups is 1. The van der Waals surface area contributed by atoms with Crippen molar-refractivity contribution in [3.63, 3.8) is 0 Å². The summed E-state index contributed by atoms with van der Waals surface area (Å²) in [6.07, 6.45) is 0.867. The van der Waals surface area contributed by atoms with Gasteiger partial charge in [0.1, 0.15) is 19.8 Å². The first-order valence-corrected chi connectivity index (χ1v) is 10.2. The van der Waals surface area contributed by atoms with E-state index < -0.39 is 0 Å². The third-order valence-corrected chi connectivity index (χ3v) is 5.18. The lowest BCUT2D eigenvalue weighted by atomic mass is 10.1. The van der Waals surface area contributed by atoms with Gasteiger partial charge in [0.05, 0.1) is 18.2 Å². The van der Waals surface area contributed by atoms with Crippen molar-refractivity contribution >= 4 is 15.9 Å². The van der Waals surface area contributed by atoms with Crippen molar-refractivity contribution in [1.82, 2.24) is 5.32 Å². The zero-order valence-electron chi connectivity index (χ0n) is 16.2. The van der Waals surface area contributed by atoms with Gasteiger partial charge in [-0.15, -0.1) is 0 Å². The number of rotatable bonds is 9. The van der Waals surface area contributed by atoms with E-state index in [1.165, 1.54) is 0 Å². The van der Waals surface area contributed by atoms with Gasteiger partial charge in [-0.1, -0.05) is 13.0 Å². The van der Waals surface area contributed by atoms with Crippen LogP contribution in [0, 0.1) is 0 Å². The molecule has 1 aliphatic heterocycles. The van der Waals surface area contributed by atoms with E-state index >= 15 is 0 Å². The topological polar surface area (TPSA) is 69.2 Å². The second-order valence-corrected chi connectivity index (χ2v) is 7.40. The number of halogens is 1. The van der Waals surface area contributed by atoms with Crippen molar-refractivity contribution < 1.29 is 24.1 Å². The van der Waals surface area contributed by atoms with Gasteiger partial charge >= 0.3 is 0 Å². The molecule has 2 aromatic carbocycles. The number of nitrogens with one attached hydrogen (secondary N) is 1. The highest BCUT2D eigenvalue weighted by atomic mass is 79.9. The minimum Gasteiger partial charge on any atom is -0.493 e. The number of hydrogen-bond acceptors (Lipinski definition) is 6. The molecule has 1 aliphatic rings. The molecule has 0 spiro atoms. The summed E-state index contributed by atoms with van der Waals surface area (Å²) < 4.78 is 23.6. The molecule has 0 fully saturated rings. The summed E-state index contributed by atoms with van der Waals surface area (Å²) in [6.45, 7) is 4.31. The second kappa shape index (κ2) is 10.0. The number of aliphatic hydroxyl groups excluding tert-OH is 1. The van der Waals surface area contributed by atoms with Crippen LogP contribution in [-0.4, -0.2) is 38.1 Å². The van der Waals surface area contributed by atoms with E-state index in [4.69, 9.17) is 18.9 Å². The van der Waals surface area contributed by atoms with Gasteiger partial charge in [0.25, 0.3) is 0 Å². The van der Waals surface area contributed by atoms with Gasteiger partial charge in [-0.2, -0.15) is 0 Å². The van der Waals surface area contributed by atoms with Crippen LogP contribution in [0.15, 0.2) is 34.8 Å². The third kappa shape index (κ3) is 5.10. The van der Waals surface area contributed by atoms with Crippen LogP contribution >= 0.6 is 15.9 Å². The van der Waals surface area contributed by atoms with E-state index in [9.17, 15) is 5.11 Å². The molecule has 0 saturated heterocycles. The summed E-state index contributed by atoms with van der Waals surface area (Å²) in [5.41, 5.74) is 2.03. The first-order chi connectivity index (χ1) is 13.6. The van der Waals surface area contributed by atoms with Gasteiger partial charge in [0.15, 0.2) is 23.0 Å². The van der Waals surface area contributed by atoms with Crippen LogP contribution in [0.4, 0.5) is 0 Å². The Kier molecular flexibility index (Phi) is 7.42. The Morgan fingerprint density at radius 1 is 1.14 bits per heavy atom. The second-order valence-electron chi connectivity index (χ2n) is 6.54. The Labute approximate surface area is 173 Å². The number of methoxy groups -OCH3 is 1. The predicted molar refractivity (Wildman–Crippen MR) is 110 cm³/mol. The average Bonchev–Trinajstić information content (AvgIpc) is 2.73. The van der Waals surface area contributed by atoms with Gasteiger partial charge in [0.2, 0.25) is 0 Å². The van der Waals surface area contributed by atoms with E-state index in [0.717, 1.165) is 33.5 Å². The van der Waals surface area contributed by atoms with Crippen LogP contribution in [0.5, 0.6) is 23.0 Å². The molecule has 2 N–H and O–H groups in total. The van der Waals surface area contributed by atoms with Gasteiger partial charge < -0.3 is 29.4 Å². The SMILES string of the molecule is CCC(CO)NCc1cc(Br)c(OCc2ccc3c(c2)OCCO3)c(OC)c1. The van der Waals surface area contributed by atoms with Gasteiger partial charge in [0, 0.05) is 12.6 Å². The Morgan fingerprint density at radius 2 is 1.93 bits per heavy atom. The number of ether oxygens (including phenoxy) is 4. The third-order valence-electron chi connectivity index (χ3n) is 4.59. The highest BCUT2D eigenvalue weighted by Crippen LogP contribution is 2.38. The average molecular weight is 452 g/mol. The fourth-order valence-electron chi connectivity index (χ4n) is 2.95. The van der Waals surface area contributed by atoms with Gasteiger partial charge in [-0.25, -0.2) is 0 Å². The maximum atomic E-state index is 9.32. The number of benzene rings is 2. The standard InChI is InChI=1S/C21H26BrNO5/c1-3-16(12-24)23-11-15-8-17(22)21(20(10-15)25-2)28-13-14-4-5-18-19(9-14)27-7-6-26-18/h4-5,8-10,16,23-24H,3,6-7,11-13H2,1-2H3. The van der Waals surface area contributed by atoms with Gasteiger partial charge in [-0.05, 0) is 57.7 Å². The minimum atomic E-state index is 0.0795. The molecule has 0 aliphatic carbocycles. The zero-order chi connectivity index (χ0) is 19.9. The molecule has 0 aromatic heterocycles. The fraction of sp³-hybridized carbons (Fsp3) is 0.429. The van der Waals surface area contributed by atoms with E-state index in [-0.39, 0.29) is 12.6 Å². The van der Waals surface area contributed by atoms with E-state index in [0.29, 0.717) is 37.9 Å². The monoisotopic (exact) mass is 451 g/mol. The van der Waals surface area contributed by atoms with Crippen molar-refractivity contribution in [3.05, 3.63) is 45.9 Å². The van der Waals surface area contributed by atoms with Crippen LogP contribution in [0.25, 0.3) is 0 Å². The van der Waals surface area contributed by atoms with Gasteiger partial charge in [-0.3, -0.25) is 0 Å². The Morgan fingerprint density at radius 3 is 2.64 bits per heavy atom. The molecule has 0 amide bonds. The lowest BCUT2D eigenvalue weighted by Gasteiger charge is -2.19. The van der Waals surface area contributed by atoms with Crippen molar-refractivity contribution in [2.24, 2.45) is 0 Å². The zero-order valence-corrected chi connectivity index (χ0v) is 17.8. The van der Waals surface area contributed by atoms with Crippen LogP contribution in [-0.2, 0) is 13.2 Å². The highest BCUT2D eigenvalue weighted by molar-refractivity contribution is 9.10. The summed E-state index contributed by atoms with van der Waals surface area (Å²) in [7, 11) is 1.62. The van der Waals surface area contributed by atoms with Crippen LogP contribution in [0.2, 0.25) is 0 Å². The lowest BCUT2D eigenvalue weighted by molar-refractivity contribution is 0.171. The van der Waals surface area contributed by atoms with E-state index in [1.807, 2.05) is 37.3 Å². The molecule has 3 rings (SSSR count). The molecule has 1 unspecified atom stereocenters. The number of fused-ring (bicyclic) bond motifs is 1. The molecule has 2 aromatic rings. The van der Waals surface area contributed by atoms with Crippen molar-refractivity contribution in [2.75, 3.05) is 26.9 Å². The molecule has 1 heterocycles. The summed E-state index contributed by atoms with van der Waals surface area (Å²) in [4.78, 5) is 0. The minimum absolute atomic E-state index is 0.0795. The first kappa shape index (κ1) is 20.8. The summed E-state index contributed by atoms with van der Waals surface area (Å²) >= 11 is 3.59. The van der Waals surface area contributed by atoms with Crippen molar-refractivity contribution in [2.45, 2.75) is 32.5 Å². The largest absolute Gasteiger partial charge is 0.493 e. The molecule has 6 nitrogen and oxygen atoms in total. The molecule has 0 saturated carbocycles. The quantitative estimate of drug-likeness (QED) is 0.605. The summed E-state index contributed by atoms with van der Waals surface area (Å²) in [6, 6.07) is 9.83. The normalized spacial score (nSPS) is 13.9. The van der Waals surface area contributed by atoms with Crippen LogP contribution < -0.4 is 24.3 Å². The van der Waals surface area contributed by atoms with E-state index in [2.05, 4.69) is 21.2 Å². The predicted octanol–water partition coefficient (Wildman–Crippen LogP) is 3.67. The Hall–Kier alpha value is -1.96. The molecular weight excluding hydrogens is 426 g/mol. The van der Waals surface area contributed by atoms with Crippen molar-refractivity contribution in [1.29, 1.82) is 0 Å². The summed E-state index contributed by atoms with van der Waals surface area (Å²) in [5.74, 6) is 2.81. The molecule has 0 bridgehead atoms. The maximum Gasteiger partial charge on any atom is 0.175 e. The molecule has 0 radical (unpaired) electrons. The molecule has 28 heavy (non-hydrogen) atoms.